The molecule has 1 aromatic rings. The van der Waals surface area contributed by atoms with Crippen LogP contribution in [0.4, 0.5) is 0 Å². The minimum absolute atomic E-state index is 0.128. The van der Waals surface area contributed by atoms with Crippen LogP contribution in [0.5, 0.6) is 0 Å². The number of hydrogen-bond donors (Lipinski definition) is 3. The number of aliphatic hydroxyl groups is 2. The second-order valence-electron chi connectivity index (χ2n) is 4.60. The molecule has 0 saturated heterocycles. The Kier molecular flexibility index (Phi) is 4.52. The Morgan fingerprint density at radius 2 is 1.90 bits per heavy atom. The number of benzene rings is 1. The number of likely N-dealkylation sites (N-methyl/N-ethyl adjacent to an activating group) is 1. The molecule has 0 fully saturated rings. The number of hydrogen-bond acceptors (Lipinski definition) is 6. The normalized spacial score (nSPS) is 23.3. The van der Waals surface area contributed by atoms with Gasteiger partial charge in [-0.2, -0.15) is 0 Å². The Morgan fingerprint density at radius 3 is 2.43 bits per heavy atom. The molecule has 8 heteroatoms. The molecule has 0 saturated carbocycles. The van der Waals surface area contributed by atoms with Crippen molar-refractivity contribution in [3.05, 3.63) is 42.2 Å². The van der Waals surface area contributed by atoms with Crippen LogP contribution in [-0.2, 0) is 10.0 Å². The Balaban J connectivity index is 2.30. The van der Waals surface area contributed by atoms with Crippen LogP contribution in [0.1, 0.15) is 6.92 Å². The van der Waals surface area contributed by atoms with Gasteiger partial charge in [0.25, 0.3) is 10.0 Å². The highest BCUT2D eigenvalue weighted by molar-refractivity contribution is 7.89. The summed E-state index contributed by atoms with van der Waals surface area (Å²) in [4.78, 5) is 1.50. The third-order valence-corrected chi connectivity index (χ3v) is 5.13. The number of aliphatic hydroxyl groups excluding tert-OH is 2. The van der Waals surface area contributed by atoms with E-state index in [4.69, 9.17) is 0 Å². The van der Waals surface area contributed by atoms with Crippen LogP contribution in [0.25, 0.3) is 0 Å². The van der Waals surface area contributed by atoms with Gasteiger partial charge in [-0.3, -0.25) is 4.31 Å². The van der Waals surface area contributed by atoms with Crippen LogP contribution in [0.2, 0.25) is 0 Å². The molecule has 0 amide bonds. The molecule has 0 radical (unpaired) electrons. The average molecular weight is 313 g/mol. The van der Waals surface area contributed by atoms with E-state index in [1.165, 1.54) is 30.2 Å². The summed E-state index contributed by atoms with van der Waals surface area (Å²) in [5, 5.41) is 22.5. The maximum Gasteiger partial charge on any atom is 0.265 e. The molecule has 116 valence electrons. The van der Waals surface area contributed by atoms with E-state index >= 15 is 0 Å². The zero-order chi connectivity index (χ0) is 15.6. The van der Waals surface area contributed by atoms with E-state index < -0.39 is 22.6 Å². The summed E-state index contributed by atoms with van der Waals surface area (Å²) in [6.07, 6.45) is -0.871. The summed E-state index contributed by atoms with van der Waals surface area (Å²) in [6.45, 7) is 2.19. The van der Waals surface area contributed by atoms with E-state index in [9.17, 15) is 18.6 Å². The summed E-state index contributed by atoms with van der Waals surface area (Å²) < 4.78 is 25.9. The van der Waals surface area contributed by atoms with Gasteiger partial charge >= 0.3 is 0 Å². The van der Waals surface area contributed by atoms with Crippen molar-refractivity contribution in [2.24, 2.45) is 0 Å². The lowest BCUT2D eigenvalue weighted by Gasteiger charge is -2.38. The molecule has 0 bridgehead atoms. The fraction of sp³-hybridized carbons (Fsp3) is 0.385. The van der Waals surface area contributed by atoms with Crippen molar-refractivity contribution < 1.29 is 18.6 Å². The van der Waals surface area contributed by atoms with E-state index in [2.05, 4.69) is 5.32 Å². The zero-order valence-corrected chi connectivity index (χ0v) is 12.7. The highest BCUT2D eigenvalue weighted by Crippen LogP contribution is 2.20. The molecule has 7 nitrogen and oxygen atoms in total. The summed E-state index contributed by atoms with van der Waals surface area (Å²) in [7, 11) is -2.38. The summed E-state index contributed by atoms with van der Waals surface area (Å²) in [5.41, 5.74) is 0. The zero-order valence-electron chi connectivity index (χ0n) is 11.8. The van der Waals surface area contributed by atoms with Gasteiger partial charge in [0.2, 0.25) is 0 Å². The standard InChI is InChI=1S/C13H19N3O4S/c1-3-16-12(17)9-11(14-13(16)18)15(2)21(19,20)10-7-5-4-6-8-10/h4-9,12-14,17-18H,3H2,1-2H3. The lowest BCUT2D eigenvalue weighted by Crippen LogP contribution is -2.56. The van der Waals surface area contributed by atoms with E-state index in [0.717, 1.165) is 4.31 Å². The molecule has 21 heavy (non-hydrogen) atoms. The molecule has 1 aliphatic rings. The summed E-state index contributed by atoms with van der Waals surface area (Å²) in [5.74, 6) is 0.128. The molecule has 0 aliphatic carbocycles. The number of nitrogens with zero attached hydrogens (tertiary/aromatic N) is 2. The number of sulfonamides is 1. The lowest BCUT2D eigenvalue weighted by molar-refractivity contribution is -0.101. The highest BCUT2D eigenvalue weighted by Gasteiger charge is 2.31. The first-order valence-corrected chi connectivity index (χ1v) is 7.96. The fourth-order valence-corrected chi connectivity index (χ4v) is 3.27. The van der Waals surface area contributed by atoms with E-state index in [1.807, 2.05) is 0 Å². The second kappa shape index (κ2) is 6.02. The molecule has 2 atom stereocenters. The molecule has 1 aromatic carbocycles. The van der Waals surface area contributed by atoms with Crippen molar-refractivity contribution in [1.82, 2.24) is 14.5 Å². The first-order valence-electron chi connectivity index (χ1n) is 6.52. The van der Waals surface area contributed by atoms with Crippen LogP contribution < -0.4 is 5.32 Å². The largest absolute Gasteiger partial charge is 0.374 e. The lowest BCUT2D eigenvalue weighted by atomic mass is 10.3. The number of nitrogens with one attached hydrogen (secondary N) is 1. The molecule has 0 spiro atoms. The maximum atomic E-state index is 12.5. The molecular weight excluding hydrogens is 294 g/mol. The predicted molar refractivity (Wildman–Crippen MR) is 77.0 cm³/mol. The molecular formula is C13H19N3O4S. The average Bonchev–Trinajstić information content (AvgIpc) is 2.47. The van der Waals surface area contributed by atoms with Gasteiger partial charge in [-0.15, -0.1) is 0 Å². The van der Waals surface area contributed by atoms with Crippen molar-refractivity contribution in [2.45, 2.75) is 24.4 Å². The van der Waals surface area contributed by atoms with Crippen LogP contribution in [0.3, 0.4) is 0 Å². The maximum absolute atomic E-state index is 12.5. The van der Waals surface area contributed by atoms with Crippen LogP contribution >= 0.6 is 0 Å². The van der Waals surface area contributed by atoms with E-state index in [0.29, 0.717) is 6.54 Å². The third-order valence-electron chi connectivity index (χ3n) is 3.34. The Labute approximate surface area is 124 Å². The monoisotopic (exact) mass is 313 g/mol. The molecule has 1 heterocycles. The Hall–Kier alpha value is -1.61. The van der Waals surface area contributed by atoms with Crippen LogP contribution in [-0.4, -0.2) is 54.0 Å². The van der Waals surface area contributed by atoms with E-state index in [1.54, 1.807) is 25.1 Å². The van der Waals surface area contributed by atoms with Gasteiger partial charge in [0.15, 0.2) is 6.35 Å². The van der Waals surface area contributed by atoms with Gasteiger partial charge in [-0.1, -0.05) is 25.1 Å². The number of rotatable bonds is 4. The molecule has 3 N–H and O–H groups in total. The van der Waals surface area contributed by atoms with Crippen molar-refractivity contribution in [1.29, 1.82) is 0 Å². The van der Waals surface area contributed by atoms with Crippen LogP contribution in [0, 0.1) is 0 Å². The summed E-state index contributed by atoms with van der Waals surface area (Å²) in [6, 6.07) is 7.96. The Morgan fingerprint density at radius 1 is 1.29 bits per heavy atom. The van der Waals surface area contributed by atoms with Crippen molar-refractivity contribution >= 4 is 10.0 Å². The van der Waals surface area contributed by atoms with E-state index in [-0.39, 0.29) is 10.7 Å². The molecule has 2 unspecified atom stereocenters. The van der Waals surface area contributed by atoms with Crippen molar-refractivity contribution in [3.8, 4) is 0 Å². The smallest absolute Gasteiger partial charge is 0.265 e. The van der Waals surface area contributed by atoms with Crippen LogP contribution in [0.15, 0.2) is 47.1 Å². The topological polar surface area (TPSA) is 93.1 Å². The van der Waals surface area contributed by atoms with Gasteiger partial charge in [-0.05, 0) is 12.1 Å². The van der Waals surface area contributed by atoms with Gasteiger partial charge < -0.3 is 15.5 Å². The van der Waals surface area contributed by atoms with Crippen molar-refractivity contribution in [2.75, 3.05) is 13.6 Å². The van der Waals surface area contributed by atoms with Gasteiger partial charge in [0.1, 0.15) is 12.0 Å². The first-order chi connectivity index (χ1) is 9.87. The first kappa shape index (κ1) is 15.8. The quantitative estimate of drug-likeness (QED) is 0.705. The minimum atomic E-state index is -3.75. The van der Waals surface area contributed by atoms with Gasteiger partial charge in [0, 0.05) is 19.7 Å². The highest BCUT2D eigenvalue weighted by atomic mass is 32.2. The fourth-order valence-electron chi connectivity index (χ4n) is 2.08. The van der Waals surface area contributed by atoms with Gasteiger partial charge in [0.05, 0.1) is 4.90 Å². The second-order valence-corrected chi connectivity index (χ2v) is 6.57. The van der Waals surface area contributed by atoms with Crippen molar-refractivity contribution in [3.63, 3.8) is 0 Å². The third kappa shape index (κ3) is 3.03. The van der Waals surface area contributed by atoms with Gasteiger partial charge in [-0.25, -0.2) is 13.3 Å². The SMILES string of the molecule is CCN1C(O)C=C(N(C)S(=O)(=O)c2ccccc2)NC1O. The molecule has 1 aliphatic heterocycles. The molecule has 2 rings (SSSR count). The minimum Gasteiger partial charge on any atom is -0.374 e. The summed E-state index contributed by atoms with van der Waals surface area (Å²) >= 11 is 0. The Bertz CT molecular complexity index is 618. The predicted octanol–water partition coefficient (Wildman–Crippen LogP) is -0.332. The molecule has 0 aromatic heterocycles.